The molecule has 0 unspecified atom stereocenters. The van der Waals surface area contributed by atoms with E-state index >= 15 is 0 Å². The van der Waals surface area contributed by atoms with Crippen molar-refractivity contribution < 1.29 is 42.7 Å². The van der Waals surface area contributed by atoms with Gasteiger partial charge in [-0.25, -0.2) is 0 Å². The van der Waals surface area contributed by atoms with Crippen LogP contribution < -0.4 is 39.2 Å². The predicted molar refractivity (Wildman–Crippen MR) is 134 cm³/mol. The van der Waals surface area contributed by atoms with Crippen molar-refractivity contribution in [1.29, 1.82) is 10.5 Å². The fourth-order valence-electron chi connectivity index (χ4n) is 3.31. The third kappa shape index (κ3) is 7.08. The van der Waals surface area contributed by atoms with Crippen LogP contribution in [0.1, 0.15) is 22.3 Å². The maximum absolute atomic E-state index is 11.5. The molecular formula is C27H22N3NaO3S. The SMILES string of the molecule is COc1ccc(C=C(C#N)c2ccc(C(C#N)=Cc3ccc(N(C)C)cc3)cc2)cc1[S-](=O)=O.[Na+]. The first-order chi connectivity index (χ1) is 16.4. The molecule has 0 bridgehead atoms. The second-order valence-corrected chi connectivity index (χ2v) is 8.46. The van der Waals surface area contributed by atoms with Gasteiger partial charge in [0, 0.05) is 19.8 Å². The van der Waals surface area contributed by atoms with Gasteiger partial charge in [-0.3, -0.25) is 0 Å². The van der Waals surface area contributed by atoms with Crippen molar-refractivity contribution in [3.8, 4) is 17.9 Å². The molecule has 0 radical (unpaired) electrons. The minimum atomic E-state index is -2.47. The molecule has 0 fully saturated rings. The van der Waals surface area contributed by atoms with Crippen LogP contribution in [0.15, 0.2) is 71.6 Å². The Labute approximate surface area is 229 Å². The molecule has 0 aromatic heterocycles. The van der Waals surface area contributed by atoms with Gasteiger partial charge < -0.3 is 18.1 Å². The standard InChI is InChI=1S/C27H22N3O3S.Na/c1-30(2)25-11-4-19(5-12-25)14-23(17-28)21-7-9-22(10-8-21)24(18-29)15-20-6-13-26(33-3)27(16-20)34(31)32;/h4-16H,1-3H3;/q-1;+1. The molecule has 0 aliphatic heterocycles. The molecule has 0 atom stereocenters. The molecule has 0 N–H and O–H groups in total. The van der Waals surface area contributed by atoms with Gasteiger partial charge in [0.05, 0.1) is 30.4 Å². The number of allylic oxidation sites excluding steroid dienone is 2. The Hall–Kier alpha value is -3.33. The molecule has 3 aromatic rings. The van der Waals surface area contributed by atoms with Gasteiger partial charge in [-0.1, -0.05) is 48.5 Å². The van der Waals surface area contributed by atoms with E-state index < -0.39 is 10.7 Å². The second kappa shape index (κ2) is 12.9. The molecule has 0 amide bonds. The maximum atomic E-state index is 11.5. The van der Waals surface area contributed by atoms with Crippen LogP contribution in [0, 0.1) is 22.7 Å². The van der Waals surface area contributed by atoms with Crippen LogP contribution in [-0.2, 0) is 19.1 Å². The van der Waals surface area contributed by atoms with Crippen molar-refractivity contribution in [3.05, 3.63) is 89.0 Å². The Bertz CT molecular complexity index is 1400. The van der Waals surface area contributed by atoms with Gasteiger partial charge in [-0.2, -0.15) is 10.5 Å². The fourth-order valence-corrected chi connectivity index (χ4v) is 3.85. The molecule has 0 aliphatic carbocycles. The molecule has 0 aliphatic rings. The number of nitrogens with zero attached hydrogens (tertiary/aromatic N) is 3. The molecule has 0 saturated carbocycles. The average Bonchev–Trinajstić information content (AvgIpc) is 2.86. The first-order valence-electron chi connectivity index (χ1n) is 10.3. The number of hydrogen-bond acceptors (Lipinski definition) is 7. The minimum absolute atomic E-state index is 0. The first-order valence-corrected chi connectivity index (χ1v) is 11.3. The van der Waals surface area contributed by atoms with Gasteiger partial charge in [0.25, 0.3) is 0 Å². The summed E-state index contributed by atoms with van der Waals surface area (Å²) in [7, 11) is 2.86. The number of rotatable bonds is 7. The van der Waals surface area contributed by atoms with Crippen LogP contribution in [0.3, 0.4) is 0 Å². The molecule has 3 aromatic carbocycles. The summed E-state index contributed by atoms with van der Waals surface area (Å²) in [5.74, 6) is 0.237. The summed E-state index contributed by atoms with van der Waals surface area (Å²) in [6.45, 7) is 0. The van der Waals surface area contributed by atoms with Crippen molar-refractivity contribution in [2.24, 2.45) is 0 Å². The predicted octanol–water partition coefficient (Wildman–Crippen LogP) is 2.56. The van der Waals surface area contributed by atoms with Crippen molar-refractivity contribution in [1.82, 2.24) is 0 Å². The van der Waals surface area contributed by atoms with Gasteiger partial charge in [0.2, 0.25) is 0 Å². The summed E-state index contributed by atoms with van der Waals surface area (Å²) in [5.41, 5.74) is 4.79. The summed E-state index contributed by atoms with van der Waals surface area (Å²) in [6.07, 6.45) is 3.43. The number of ether oxygens (including phenoxy) is 1. The molecule has 35 heavy (non-hydrogen) atoms. The summed E-state index contributed by atoms with van der Waals surface area (Å²) in [4.78, 5) is 2.02. The third-order valence-corrected chi connectivity index (χ3v) is 5.82. The number of hydrogen-bond donors (Lipinski definition) is 0. The van der Waals surface area contributed by atoms with Crippen molar-refractivity contribution in [2.45, 2.75) is 4.90 Å². The van der Waals surface area contributed by atoms with E-state index in [0.29, 0.717) is 22.3 Å². The van der Waals surface area contributed by atoms with E-state index in [9.17, 15) is 18.9 Å². The maximum Gasteiger partial charge on any atom is 1.00 e. The molecular weight excluding hydrogens is 469 g/mol. The van der Waals surface area contributed by atoms with Crippen LogP contribution in [-0.4, -0.2) is 21.2 Å². The van der Waals surface area contributed by atoms with Crippen molar-refractivity contribution >= 4 is 39.7 Å². The molecule has 6 nitrogen and oxygen atoms in total. The van der Waals surface area contributed by atoms with Gasteiger partial charge in [0.15, 0.2) is 0 Å². The summed E-state index contributed by atoms with van der Waals surface area (Å²) >= 11 is 0. The number of anilines is 1. The monoisotopic (exact) mass is 491 g/mol. The molecule has 3 rings (SSSR count). The van der Waals surface area contributed by atoms with Crippen LogP contribution >= 0.6 is 0 Å². The van der Waals surface area contributed by atoms with Crippen LogP contribution in [0.4, 0.5) is 5.69 Å². The van der Waals surface area contributed by atoms with Crippen molar-refractivity contribution in [3.63, 3.8) is 0 Å². The van der Waals surface area contributed by atoms with Gasteiger partial charge in [-0.15, -0.1) is 0 Å². The van der Waals surface area contributed by atoms with E-state index in [1.165, 1.54) is 13.2 Å². The zero-order valence-corrected chi connectivity index (χ0v) is 22.8. The summed E-state index contributed by atoms with van der Waals surface area (Å²) in [6, 6.07) is 24.1. The van der Waals surface area contributed by atoms with Gasteiger partial charge in [-0.05, 0) is 68.2 Å². The zero-order chi connectivity index (χ0) is 24.7. The largest absolute Gasteiger partial charge is 1.00 e. The van der Waals surface area contributed by atoms with Gasteiger partial charge in [0.1, 0.15) is 5.75 Å². The van der Waals surface area contributed by atoms with E-state index in [4.69, 9.17) is 4.74 Å². The normalized spacial score (nSPS) is 11.3. The van der Waals surface area contributed by atoms with Crippen molar-refractivity contribution in [2.75, 3.05) is 26.1 Å². The fraction of sp³-hybridized carbons (Fsp3) is 0.111. The first kappa shape index (κ1) is 27.9. The Kier molecular flexibility index (Phi) is 10.3. The molecule has 0 saturated heterocycles. The molecule has 0 heterocycles. The second-order valence-electron chi connectivity index (χ2n) is 7.55. The number of nitriles is 2. The Morgan fingerprint density at radius 3 is 1.74 bits per heavy atom. The zero-order valence-electron chi connectivity index (χ0n) is 20.0. The Balaban J connectivity index is 0.00000432. The minimum Gasteiger partial charge on any atom is -0.498 e. The average molecular weight is 492 g/mol. The Morgan fingerprint density at radius 2 is 1.31 bits per heavy atom. The Morgan fingerprint density at radius 1 is 0.829 bits per heavy atom. The van der Waals surface area contributed by atoms with E-state index in [-0.39, 0.29) is 40.2 Å². The number of methoxy groups -OCH3 is 1. The van der Waals surface area contributed by atoms with E-state index in [2.05, 4.69) is 12.1 Å². The van der Waals surface area contributed by atoms with E-state index in [1.807, 2.05) is 49.3 Å². The smallest absolute Gasteiger partial charge is 0.498 e. The van der Waals surface area contributed by atoms with E-state index in [0.717, 1.165) is 16.8 Å². The summed E-state index contributed by atoms with van der Waals surface area (Å²) < 4.78 is 28.0. The third-order valence-electron chi connectivity index (χ3n) is 5.15. The van der Waals surface area contributed by atoms with Crippen LogP contribution in [0.2, 0.25) is 0 Å². The quantitative estimate of drug-likeness (QED) is 0.218. The van der Waals surface area contributed by atoms with E-state index in [1.54, 1.807) is 42.5 Å². The molecule has 0 spiro atoms. The summed E-state index contributed by atoms with van der Waals surface area (Å²) in [5, 5.41) is 19.3. The van der Waals surface area contributed by atoms with Crippen LogP contribution in [0.25, 0.3) is 23.3 Å². The molecule has 8 heteroatoms. The number of benzene rings is 3. The molecule has 170 valence electrons. The topological polar surface area (TPSA) is 94.2 Å². The van der Waals surface area contributed by atoms with Gasteiger partial charge >= 0.3 is 29.6 Å². The van der Waals surface area contributed by atoms with Crippen LogP contribution in [0.5, 0.6) is 5.75 Å².